The van der Waals surface area contributed by atoms with Crippen molar-refractivity contribution in [2.75, 3.05) is 37.4 Å². The van der Waals surface area contributed by atoms with Crippen LogP contribution in [0.1, 0.15) is 19.4 Å². The van der Waals surface area contributed by atoms with Crippen LogP contribution in [0.5, 0.6) is 5.75 Å². The summed E-state index contributed by atoms with van der Waals surface area (Å²) in [6.07, 6.45) is 0. The molecule has 0 aliphatic heterocycles. The van der Waals surface area contributed by atoms with Gasteiger partial charge in [-0.05, 0) is 49.5 Å². The van der Waals surface area contributed by atoms with Crippen molar-refractivity contribution in [2.45, 2.75) is 20.4 Å². The van der Waals surface area contributed by atoms with E-state index in [0.29, 0.717) is 23.1 Å². The van der Waals surface area contributed by atoms with Crippen LogP contribution in [0.4, 0.5) is 17.2 Å². The lowest BCUT2D eigenvalue weighted by atomic mass is 10.1. The van der Waals surface area contributed by atoms with Gasteiger partial charge in [0.15, 0.2) is 0 Å². The molecule has 0 fully saturated rings. The van der Waals surface area contributed by atoms with Gasteiger partial charge in [0.1, 0.15) is 11.6 Å². The number of nitrogens with zero attached hydrogens (tertiary/aromatic N) is 3. The van der Waals surface area contributed by atoms with Crippen LogP contribution in [0.15, 0.2) is 42.5 Å². The second kappa shape index (κ2) is 8.67. The Morgan fingerprint density at radius 2 is 1.79 bits per heavy atom. The summed E-state index contributed by atoms with van der Waals surface area (Å²) in [5, 5.41) is 15.1. The molecule has 3 aromatic rings. The van der Waals surface area contributed by atoms with E-state index in [1.54, 1.807) is 6.07 Å². The molecule has 0 saturated carbocycles. The molecule has 28 heavy (non-hydrogen) atoms. The lowest BCUT2D eigenvalue weighted by molar-refractivity contribution is 0.291. The summed E-state index contributed by atoms with van der Waals surface area (Å²) >= 11 is 6.48. The Bertz CT molecular complexity index is 970. The average Bonchev–Trinajstić information content (AvgIpc) is 2.67. The number of hydrogen-bond acceptors (Lipinski definition) is 5. The lowest BCUT2D eigenvalue weighted by Crippen LogP contribution is -2.22. The van der Waals surface area contributed by atoms with E-state index in [1.807, 2.05) is 55.4 Å². The molecule has 0 aliphatic rings. The third-order valence-corrected chi connectivity index (χ3v) is 5.21. The second-order valence-electron chi connectivity index (χ2n) is 7.02. The first-order chi connectivity index (χ1) is 13.4. The van der Waals surface area contributed by atoms with E-state index < -0.39 is 0 Å². The Labute approximate surface area is 171 Å². The standard InChI is InChI=1S/C22H27ClN4O/c1-5-27(6-2)14-15-11-16(7-10-21(15)28)24-22-13-19(23)18-9-8-17(26(3)4)12-20(18)25-22/h7-13,28H,5-6,14H2,1-4H3,(H,24,25). The number of benzene rings is 2. The predicted octanol–water partition coefficient (Wildman–Crippen LogP) is 5.25. The van der Waals surface area contributed by atoms with Gasteiger partial charge in [-0.2, -0.15) is 0 Å². The fraction of sp³-hybridized carbons (Fsp3) is 0.318. The maximum Gasteiger partial charge on any atom is 0.132 e. The van der Waals surface area contributed by atoms with Gasteiger partial charge in [0.05, 0.1) is 10.5 Å². The Morgan fingerprint density at radius 1 is 1.04 bits per heavy atom. The number of fused-ring (bicyclic) bond motifs is 1. The molecule has 3 rings (SSSR count). The monoisotopic (exact) mass is 398 g/mol. The highest BCUT2D eigenvalue weighted by Crippen LogP contribution is 2.30. The van der Waals surface area contributed by atoms with Gasteiger partial charge in [-0.15, -0.1) is 0 Å². The summed E-state index contributed by atoms with van der Waals surface area (Å²) < 4.78 is 0. The fourth-order valence-corrected chi connectivity index (χ4v) is 3.41. The quantitative estimate of drug-likeness (QED) is 0.532. The first-order valence-electron chi connectivity index (χ1n) is 9.50. The number of phenols is 1. The molecule has 0 spiro atoms. The molecular formula is C22H27ClN4O. The van der Waals surface area contributed by atoms with Crippen LogP contribution in [0, 0.1) is 0 Å². The van der Waals surface area contributed by atoms with E-state index in [2.05, 4.69) is 24.1 Å². The first-order valence-corrected chi connectivity index (χ1v) is 9.88. The van der Waals surface area contributed by atoms with Crippen molar-refractivity contribution in [3.05, 3.63) is 53.1 Å². The molecular weight excluding hydrogens is 372 g/mol. The number of halogens is 1. The van der Waals surface area contributed by atoms with Gasteiger partial charge in [0.25, 0.3) is 0 Å². The fourth-order valence-electron chi connectivity index (χ4n) is 3.14. The normalized spacial score (nSPS) is 11.2. The van der Waals surface area contributed by atoms with Gasteiger partial charge in [0, 0.05) is 49.0 Å². The Balaban J connectivity index is 1.91. The maximum absolute atomic E-state index is 10.2. The van der Waals surface area contributed by atoms with E-state index in [1.165, 1.54) is 0 Å². The number of pyridine rings is 1. The van der Waals surface area contributed by atoms with Crippen molar-refractivity contribution in [2.24, 2.45) is 0 Å². The molecule has 2 aromatic carbocycles. The molecule has 0 bridgehead atoms. The lowest BCUT2D eigenvalue weighted by Gasteiger charge is -2.19. The number of rotatable bonds is 7. The summed E-state index contributed by atoms with van der Waals surface area (Å²) in [4.78, 5) is 9.02. The van der Waals surface area contributed by atoms with Gasteiger partial charge in [-0.1, -0.05) is 25.4 Å². The molecule has 0 saturated heterocycles. The van der Waals surface area contributed by atoms with E-state index in [-0.39, 0.29) is 0 Å². The predicted molar refractivity (Wildman–Crippen MR) is 119 cm³/mol. The Morgan fingerprint density at radius 3 is 2.46 bits per heavy atom. The van der Waals surface area contributed by atoms with Crippen molar-refractivity contribution in [1.82, 2.24) is 9.88 Å². The highest BCUT2D eigenvalue weighted by atomic mass is 35.5. The average molecular weight is 399 g/mol. The molecule has 148 valence electrons. The second-order valence-corrected chi connectivity index (χ2v) is 7.42. The summed E-state index contributed by atoms with van der Waals surface area (Å²) in [5.41, 5.74) is 3.66. The number of hydrogen-bond donors (Lipinski definition) is 2. The highest BCUT2D eigenvalue weighted by Gasteiger charge is 2.10. The zero-order valence-electron chi connectivity index (χ0n) is 16.8. The van der Waals surface area contributed by atoms with Crippen LogP contribution < -0.4 is 10.2 Å². The number of phenolic OH excluding ortho intramolecular Hbond substituents is 1. The van der Waals surface area contributed by atoms with Crippen molar-refractivity contribution in [1.29, 1.82) is 0 Å². The van der Waals surface area contributed by atoms with E-state index in [9.17, 15) is 5.11 Å². The van der Waals surface area contributed by atoms with E-state index >= 15 is 0 Å². The third-order valence-electron chi connectivity index (χ3n) is 4.90. The minimum atomic E-state index is 0.303. The molecule has 2 N–H and O–H groups in total. The van der Waals surface area contributed by atoms with Crippen LogP contribution in [-0.4, -0.2) is 42.2 Å². The first kappa shape index (κ1) is 20.2. The number of aromatic hydroxyl groups is 1. The largest absolute Gasteiger partial charge is 0.508 e. The van der Waals surface area contributed by atoms with Crippen molar-refractivity contribution < 1.29 is 5.11 Å². The third kappa shape index (κ3) is 4.49. The molecule has 0 aliphatic carbocycles. The Kier molecular flexibility index (Phi) is 6.27. The topological polar surface area (TPSA) is 51.6 Å². The zero-order chi connectivity index (χ0) is 20.3. The van der Waals surface area contributed by atoms with Gasteiger partial charge < -0.3 is 15.3 Å². The summed E-state index contributed by atoms with van der Waals surface area (Å²) in [6, 6.07) is 13.4. The maximum atomic E-state index is 10.2. The smallest absolute Gasteiger partial charge is 0.132 e. The molecule has 1 heterocycles. The minimum absolute atomic E-state index is 0.303. The SMILES string of the molecule is CCN(CC)Cc1cc(Nc2cc(Cl)c3ccc(N(C)C)cc3n2)ccc1O. The van der Waals surface area contributed by atoms with Crippen molar-refractivity contribution in [3.63, 3.8) is 0 Å². The molecule has 0 atom stereocenters. The molecule has 0 radical (unpaired) electrons. The molecule has 0 amide bonds. The number of aromatic nitrogens is 1. The summed E-state index contributed by atoms with van der Waals surface area (Å²) in [5.74, 6) is 0.977. The van der Waals surface area contributed by atoms with E-state index in [4.69, 9.17) is 16.6 Å². The molecule has 1 aromatic heterocycles. The minimum Gasteiger partial charge on any atom is -0.508 e. The van der Waals surface area contributed by atoms with Gasteiger partial charge in [0.2, 0.25) is 0 Å². The number of anilines is 3. The van der Waals surface area contributed by atoms with Crippen LogP contribution in [0.3, 0.4) is 0 Å². The molecule has 6 heteroatoms. The van der Waals surface area contributed by atoms with Crippen molar-refractivity contribution >= 4 is 39.7 Å². The highest BCUT2D eigenvalue weighted by molar-refractivity contribution is 6.35. The zero-order valence-corrected chi connectivity index (χ0v) is 17.6. The van der Waals surface area contributed by atoms with Crippen LogP contribution in [-0.2, 0) is 6.54 Å². The molecule has 0 unspecified atom stereocenters. The Hall–Kier alpha value is -2.50. The van der Waals surface area contributed by atoms with Gasteiger partial charge in [-0.25, -0.2) is 4.98 Å². The van der Waals surface area contributed by atoms with E-state index in [0.717, 1.165) is 40.9 Å². The van der Waals surface area contributed by atoms with Gasteiger partial charge in [-0.3, -0.25) is 4.90 Å². The summed E-state index contributed by atoms with van der Waals surface area (Å²) in [6.45, 7) is 6.80. The number of nitrogens with one attached hydrogen (secondary N) is 1. The molecule has 5 nitrogen and oxygen atoms in total. The van der Waals surface area contributed by atoms with Crippen LogP contribution in [0.25, 0.3) is 10.9 Å². The van der Waals surface area contributed by atoms with Crippen molar-refractivity contribution in [3.8, 4) is 5.75 Å². The van der Waals surface area contributed by atoms with Crippen LogP contribution >= 0.6 is 11.6 Å². The summed E-state index contributed by atoms with van der Waals surface area (Å²) in [7, 11) is 4.00. The van der Waals surface area contributed by atoms with Gasteiger partial charge >= 0.3 is 0 Å². The van der Waals surface area contributed by atoms with Crippen LogP contribution in [0.2, 0.25) is 5.02 Å².